The van der Waals surface area contributed by atoms with Crippen molar-refractivity contribution in [3.05, 3.63) is 47.5 Å². The van der Waals surface area contributed by atoms with Crippen LogP contribution in [0.1, 0.15) is 23.2 Å². The maximum absolute atomic E-state index is 13.9. The van der Waals surface area contributed by atoms with Gasteiger partial charge in [0.2, 0.25) is 0 Å². The van der Waals surface area contributed by atoms with Gasteiger partial charge in [-0.2, -0.15) is 0 Å². The Kier molecular flexibility index (Phi) is 5.24. The number of benzene rings is 1. The Balaban J connectivity index is 1.74. The second-order valence-corrected chi connectivity index (χ2v) is 5.73. The van der Waals surface area contributed by atoms with Crippen LogP contribution < -0.4 is 9.47 Å². The van der Waals surface area contributed by atoms with E-state index >= 15 is 0 Å². The number of hydrogen-bond donors (Lipinski definition) is 0. The molecule has 2 aromatic rings. The first-order valence-electron chi connectivity index (χ1n) is 7.95. The zero-order chi connectivity index (χ0) is 18.7. The minimum Gasteiger partial charge on any atom is -0.477 e. The molecule has 1 atom stereocenters. The summed E-state index contributed by atoms with van der Waals surface area (Å²) in [5, 5.41) is 0. The van der Waals surface area contributed by atoms with E-state index in [1.165, 1.54) is 24.4 Å². The molecule has 0 N–H and O–H groups in total. The molecule has 3 rings (SSSR count). The van der Waals surface area contributed by atoms with Crippen molar-refractivity contribution in [3.63, 3.8) is 0 Å². The molecule has 1 aromatic carbocycles. The first-order chi connectivity index (χ1) is 12.5. The Hall–Kier alpha value is -2.84. The molecule has 0 unspecified atom stereocenters. The minimum atomic E-state index is -1.66. The molecule has 1 aromatic heterocycles. The molecule has 1 amide bonds. The fourth-order valence-corrected chi connectivity index (χ4v) is 2.77. The molecule has 138 valence electrons. The van der Waals surface area contributed by atoms with E-state index in [1.54, 1.807) is 0 Å². The summed E-state index contributed by atoms with van der Waals surface area (Å²) in [6, 6.07) is 1.67. The van der Waals surface area contributed by atoms with Gasteiger partial charge < -0.3 is 14.4 Å². The molecule has 0 aliphatic carbocycles. The van der Waals surface area contributed by atoms with Crippen molar-refractivity contribution in [1.29, 1.82) is 0 Å². The average molecular weight is 367 g/mol. The Labute approximate surface area is 147 Å². The molecular weight excluding hydrogens is 351 g/mol. The van der Waals surface area contributed by atoms with Crippen molar-refractivity contribution in [2.24, 2.45) is 0 Å². The maximum Gasteiger partial charge on any atom is 0.278 e. The summed E-state index contributed by atoms with van der Waals surface area (Å²) >= 11 is 0. The normalized spacial score (nSPS) is 17.1. The van der Waals surface area contributed by atoms with E-state index in [-0.39, 0.29) is 18.3 Å². The lowest BCUT2D eigenvalue weighted by Gasteiger charge is -2.32. The third kappa shape index (κ3) is 3.56. The van der Waals surface area contributed by atoms with Gasteiger partial charge in [-0.3, -0.25) is 4.79 Å². The van der Waals surface area contributed by atoms with Crippen LogP contribution in [-0.2, 0) is 0 Å². The van der Waals surface area contributed by atoms with Crippen molar-refractivity contribution in [2.45, 2.75) is 18.9 Å². The third-order valence-corrected chi connectivity index (χ3v) is 4.04. The Morgan fingerprint density at radius 1 is 1.15 bits per heavy atom. The van der Waals surface area contributed by atoms with Gasteiger partial charge in [0, 0.05) is 18.9 Å². The number of likely N-dealkylation sites (tertiary alicyclic amines) is 1. The molecule has 1 aliphatic heterocycles. The van der Waals surface area contributed by atoms with Crippen LogP contribution >= 0.6 is 0 Å². The molecular formula is C17H16F3N3O3. The highest BCUT2D eigenvalue weighted by Crippen LogP contribution is 2.25. The standard InChI is InChI=1S/C17H16F3N3O3/c1-25-15-16(22-7-6-21-15)26-10-3-2-8-23(9-10)17(24)11-4-5-12(18)14(20)13(11)19/h4-7,10H,2-3,8-9H2,1H3/t10-/m0/s1. The van der Waals surface area contributed by atoms with Crippen LogP contribution in [-0.4, -0.2) is 47.1 Å². The number of hydrogen-bond acceptors (Lipinski definition) is 5. The molecule has 6 nitrogen and oxygen atoms in total. The van der Waals surface area contributed by atoms with Crippen molar-refractivity contribution < 1.29 is 27.4 Å². The highest BCUT2D eigenvalue weighted by atomic mass is 19.2. The van der Waals surface area contributed by atoms with Gasteiger partial charge in [-0.05, 0) is 25.0 Å². The quantitative estimate of drug-likeness (QED) is 0.778. The van der Waals surface area contributed by atoms with Crippen LogP contribution in [0.15, 0.2) is 24.5 Å². The molecule has 1 fully saturated rings. The van der Waals surface area contributed by atoms with Gasteiger partial charge >= 0.3 is 0 Å². The number of aromatic nitrogens is 2. The second kappa shape index (κ2) is 7.59. The number of piperidine rings is 1. The number of rotatable bonds is 4. The summed E-state index contributed by atoms with van der Waals surface area (Å²) in [4.78, 5) is 21.9. The number of carbonyl (C=O) groups excluding carboxylic acids is 1. The first-order valence-corrected chi connectivity index (χ1v) is 7.95. The summed E-state index contributed by atoms with van der Waals surface area (Å²) in [6.45, 7) is 0.506. The van der Waals surface area contributed by atoms with Gasteiger partial charge in [-0.25, -0.2) is 23.1 Å². The van der Waals surface area contributed by atoms with Crippen molar-refractivity contribution in [2.75, 3.05) is 20.2 Å². The average Bonchev–Trinajstić information content (AvgIpc) is 2.66. The molecule has 0 spiro atoms. The molecule has 0 saturated carbocycles. The van der Waals surface area contributed by atoms with E-state index < -0.39 is 35.0 Å². The zero-order valence-corrected chi connectivity index (χ0v) is 13.9. The summed E-state index contributed by atoms with van der Waals surface area (Å²) in [5.74, 6) is -4.82. The second-order valence-electron chi connectivity index (χ2n) is 5.73. The first kappa shape index (κ1) is 18.0. The fourth-order valence-electron chi connectivity index (χ4n) is 2.77. The number of carbonyl (C=O) groups is 1. The van der Waals surface area contributed by atoms with Gasteiger partial charge in [0.25, 0.3) is 17.7 Å². The zero-order valence-electron chi connectivity index (χ0n) is 13.9. The third-order valence-electron chi connectivity index (χ3n) is 4.04. The lowest BCUT2D eigenvalue weighted by atomic mass is 10.1. The van der Waals surface area contributed by atoms with Gasteiger partial charge in [-0.1, -0.05) is 0 Å². The fraction of sp³-hybridized carbons (Fsp3) is 0.353. The smallest absolute Gasteiger partial charge is 0.278 e. The molecule has 0 radical (unpaired) electrons. The monoisotopic (exact) mass is 367 g/mol. The summed E-state index contributed by atoms with van der Waals surface area (Å²) < 4.78 is 51.1. The molecule has 1 aliphatic rings. The van der Waals surface area contributed by atoms with Crippen LogP contribution in [0.25, 0.3) is 0 Å². The van der Waals surface area contributed by atoms with E-state index in [1.807, 2.05) is 0 Å². The largest absolute Gasteiger partial charge is 0.477 e. The Morgan fingerprint density at radius 2 is 1.88 bits per heavy atom. The molecule has 2 heterocycles. The van der Waals surface area contributed by atoms with Crippen molar-refractivity contribution in [3.8, 4) is 11.8 Å². The lowest BCUT2D eigenvalue weighted by Crippen LogP contribution is -2.44. The molecule has 26 heavy (non-hydrogen) atoms. The van der Waals surface area contributed by atoms with E-state index in [2.05, 4.69) is 9.97 Å². The maximum atomic E-state index is 13.9. The SMILES string of the molecule is COc1nccnc1O[C@H]1CCCN(C(=O)c2ccc(F)c(F)c2F)C1. The van der Waals surface area contributed by atoms with Gasteiger partial charge in [-0.15, -0.1) is 0 Å². The minimum absolute atomic E-state index is 0.150. The van der Waals surface area contributed by atoms with E-state index in [9.17, 15) is 18.0 Å². The summed E-state index contributed by atoms with van der Waals surface area (Å²) in [6.07, 6.45) is 3.73. The highest BCUT2D eigenvalue weighted by molar-refractivity contribution is 5.94. The number of halogens is 3. The van der Waals surface area contributed by atoms with Crippen LogP contribution in [0, 0.1) is 17.5 Å². The van der Waals surface area contributed by atoms with Crippen LogP contribution in [0.5, 0.6) is 11.8 Å². The van der Waals surface area contributed by atoms with Gasteiger partial charge in [0.15, 0.2) is 17.5 Å². The van der Waals surface area contributed by atoms with Crippen molar-refractivity contribution >= 4 is 5.91 Å². The van der Waals surface area contributed by atoms with Gasteiger partial charge in [0.05, 0.1) is 19.2 Å². The number of nitrogens with zero attached hydrogens (tertiary/aromatic N) is 3. The predicted octanol–water partition coefficient (Wildman–Crippen LogP) is 2.59. The number of amides is 1. The Morgan fingerprint density at radius 3 is 2.62 bits per heavy atom. The summed E-state index contributed by atoms with van der Waals surface area (Å²) in [5.41, 5.74) is -0.512. The summed E-state index contributed by atoms with van der Waals surface area (Å²) in [7, 11) is 1.43. The van der Waals surface area contributed by atoms with E-state index in [0.717, 1.165) is 12.1 Å². The van der Waals surface area contributed by atoms with E-state index in [4.69, 9.17) is 9.47 Å². The van der Waals surface area contributed by atoms with Gasteiger partial charge in [0.1, 0.15) is 6.10 Å². The van der Waals surface area contributed by atoms with Crippen molar-refractivity contribution in [1.82, 2.24) is 14.9 Å². The van der Waals surface area contributed by atoms with Crippen LogP contribution in [0.2, 0.25) is 0 Å². The Bertz CT molecular complexity index is 819. The highest BCUT2D eigenvalue weighted by Gasteiger charge is 2.29. The van der Waals surface area contributed by atoms with Crippen LogP contribution in [0.4, 0.5) is 13.2 Å². The molecule has 9 heteroatoms. The number of ether oxygens (including phenoxy) is 2. The van der Waals surface area contributed by atoms with Crippen LogP contribution in [0.3, 0.4) is 0 Å². The van der Waals surface area contributed by atoms with E-state index in [0.29, 0.717) is 19.4 Å². The lowest BCUT2D eigenvalue weighted by molar-refractivity contribution is 0.0514. The number of methoxy groups -OCH3 is 1. The predicted molar refractivity (Wildman–Crippen MR) is 84.5 cm³/mol. The topological polar surface area (TPSA) is 64.6 Å². The molecule has 1 saturated heterocycles. The molecule has 0 bridgehead atoms.